The standard InChI is InChI=1S/C18H13N3O4S/c1-2-20-13-7-6-12(10-4-3-5-11(16(10)13)18(20)23)19-17(22)14-8-9-15(26-14)21(24)25/h3-9H,2H2,1H3,(H,19,22). The molecule has 1 aliphatic rings. The number of hydrogen-bond donors (Lipinski definition) is 1. The van der Waals surface area contributed by atoms with Gasteiger partial charge in [-0.3, -0.25) is 19.7 Å². The third-order valence-electron chi connectivity index (χ3n) is 4.34. The van der Waals surface area contributed by atoms with Crippen molar-refractivity contribution in [1.82, 2.24) is 0 Å². The highest BCUT2D eigenvalue weighted by molar-refractivity contribution is 7.17. The van der Waals surface area contributed by atoms with Gasteiger partial charge in [-0.1, -0.05) is 23.5 Å². The Kier molecular flexibility index (Phi) is 3.69. The summed E-state index contributed by atoms with van der Waals surface area (Å²) in [7, 11) is 0. The van der Waals surface area contributed by atoms with E-state index in [2.05, 4.69) is 5.32 Å². The van der Waals surface area contributed by atoms with E-state index in [-0.39, 0.29) is 15.8 Å². The minimum atomic E-state index is -0.522. The van der Waals surface area contributed by atoms with Gasteiger partial charge in [-0.25, -0.2) is 0 Å². The number of rotatable bonds is 4. The highest BCUT2D eigenvalue weighted by atomic mass is 32.1. The molecule has 1 aliphatic heterocycles. The molecule has 0 spiro atoms. The van der Waals surface area contributed by atoms with Crippen LogP contribution in [0, 0.1) is 10.1 Å². The van der Waals surface area contributed by atoms with E-state index < -0.39 is 10.8 Å². The van der Waals surface area contributed by atoms with Crippen LogP contribution in [0.1, 0.15) is 27.0 Å². The maximum atomic E-state index is 12.5. The zero-order valence-corrected chi connectivity index (χ0v) is 14.5. The number of benzene rings is 2. The third-order valence-corrected chi connectivity index (χ3v) is 5.38. The fraction of sp³-hybridized carbons (Fsp3) is 0.111. The molecule has 4 rings (SSSR count). The van der Waals surface area contributed by atoms with E-state index in [1.54, 1.807) is 23.1 Å². The zero-order chi connectivity index (χ0) is 18.4. The Morgan fingerprint density at radius 3 is 2.73 bits per heavy atom. The first-order valence-electron chi connectivity index (χ1n) is 7.94. The van der Waals surface area contributed by atoms with Crippen molar-refractivity contribution in [1.29, 1.82) is 0 Å². The number of thiophene rings is 1. The summed E-state index contributed by atoms with van der Waals surface area (Å²) in [6.07, 6.45) is 0. The van der Waals surface area contributed by atoms with Crippen LogP contribution in [0.4, 0.5) is 16.4 Å². The molecule has 2 aromatic carbocycles. The molecular weight excluding hydrogens is 354 g/mol. The number of carbonyl (C=O) groups excluding carboxylic acids is 2. The molecule has 3 aromatic rings. The SMILES string of the molecule is CCN1C(=O)c2cccc3c(NC(=O)c4ccc([N+](=O)[O-])s4)ccc1c23. The smallest absolute Gasteiger partial charge is 0.321 e. The molecule has 0 bridgehead atoms. The highest BCUT2D eigenvalue weighted by Crippen LogP contribution is 2.40. The van der Waals surface area contributed by atoms with Gasteiger partial charge in [0, 0.05) is 34.6 Å². The number of nitrogens with zero attached hydrogens (tertiary/aromatic N) is 2. The molecule has 2 heterocycles. The fourth-order valence-electron chi connectivity index (χ4n) is 3.20. The fourth-order valence-corrected chi connectivity index (χ4v) is 3.92. The molecular formula is C18H13N3O4S. The number of amides is 2. The molecule has 26 heavy (non-hydrogen) atoms. The van der Waals surface area contributed by atoms with E-state index in [0.29, 0.717) is 17.8 Å². The Hall–Kier alpha value is -3.26. The zero-order valence-electron chi connectivity index (χ0n) is 13.7. The molecule has 0 aliphatic carbocycles. The molecule has 8 heteroatoms. The number of nitro groups is 1. The highest BCUT2D eigenvalue weighted by Gasteiger charge is 2.29. The van der Waals surface area contributed by atoms with Crippen molar-refractivity contribution in [3.8, 4) is 0 Å². The Labute approximate surface area is 152 Å². The van der Waals surface area contributed by atoms with Crippen molar-refractivity contribution in [2.24, 2.45) is 0 Å². The molecule has 0 atom stereocenters. The van der Waals surface area contributed by atoms with E-state index in [1.165, 1.54) is 12.1 Å². The topological polar surface area (TPSA) is 92.6 Å². The van der Waals surface area contributed by atoms with Gasteiger partial charge in [0.1, 0.15) is 0 Å². The lowest BCUT2D eigenvalue weighted by Gasteiger charge is -2.15. The molecule has 1 N–H and O–H groups in total. The first-order valence-corrected chi connectivity index (χ1v) is 8.76. The van der Waals surface area contributed by atoms with E-state index in [4.69, 9.17) is 0 Å². The second kappa shape index (κ2) is 5.92. The molecule has 1 aromatic heterocycles. The van der Waals surface area contributed by atoms with Crippen LogP contribution in [0.3, 0.4) is 0 Å². The molecule has 0 unspecified atom stereocenters. The summed E-state index contributed by atoms with van der Waals surface area (Å²) in [5, 5.41) is 15.1. The Bertz CT molecular complexity index is 1090. The normalized spacial score (nSPS) is 12.7. The minimum absolute atomic E-state index is 0.0505. The first kappa shape index (κ1) is 16.2. The minimum Gasteiger partial charge on any atom is -0.321 e. The summed E-state index contributed by atoms with van der Waals surface area (Å²) in [5.41, 5.74) is 2.01. The van der Waals surface area contributed by atoms with Crippen molar-refractivity contribution < 1.29 is 14.5 Å². The van der Waals surface area contributed by atoms with Crippen molar-refractivity contribution in [3.05, 3.63) is 63.0 Å². The average molecular weight is 367 g/mol. The van der Waals surface area contributed by atoms with E-state index in [0.717, 1.165) is 27.8 Å². The quantitative estimate of drug-likeness (QED) is 0.556. The van der Waals surface area contributed by atoms with Crippen molar-refractivity contribution >= 4 is 50.3 Å². The summed E-state index contributed by atoms with van der Waals surface area (Å²) in [6, 6.07) is 11.7. The molecule has 0 radical (unpaired) electrons. The van der Waals surface area contributed by atoms with E-state index >= 15 is 0 Å². The van der Waals surface area contributed by atoms with Crippen LogP contribution in [0.25, 0.3) is 10.8 Å². The van der Waals surface area contributed by atoms with Crippen molar-refractivity contribution in [2.75, 3.05) is 16.8 Å². The molecule has 130 valence electrons. The van der Waals surface area contributed by atoms with Gasteiger partial charge in [-0.2, -0.15) is 0 Å². The van der Waals surface area contributed by atoms with Crippen molar-refractivity contribution in [2.45, 2.75) is 6.92 Å². The number of carbonyl (C=O) groups is 2. The largest absolute Gasteiger partial charge is 0.324 e. The monoisotopic (exact) mass is 367 g/mol. The second-order valence-electron chi connectivity index (χ2n) is 5.76. The Balaban J connectivity index is 1.75. The Morgan fingerprint density at radius 2 is 2.04 bits per heavy atom. The number of hydrogen-bond acceptors (Lipinski definition) is 5. The molecule has 2 amide bonds. The Morgan fingerprint density at radius 1 is 1.23 bits per heavy atom. The van der Waals surface area contributed by atoms with Gasteiger partial charge >= 0.3 is 5.00 Å². The van der Waals surface area contributed by atoms with Gasteiger partial charge in [0.05, 0.1) is 15.5 Å². The van der Waals surface area contributed by atoms with Crippen LogP contribution >= 0.6 is 11.3 Å². The van der Waals surface area contributed by atoms with Gasteiger partial charge < -0.3 is 10.2 Å². The molecule has 0 saturated carbocycles. The lowest BCUT2D eigenvalue weighted by Crippen LogP contribution is -2.25. The maximum Gasteiger partial charge on any atom is 0.324 e. The van der Waals surface area contributed by atoms with Crippen LogP contribution in [-0.4, -0.2) is 23.3 Å². The molecule has 0 saturated heterocycles. The lowest BCUT2D eigenvalue weighted by molar-refractivity contribution is -0.380. The van der Waals surface area contributed by atoms with Crippen LogP contribution < -0.4 is 10.2 Å². The predicted octanol–water partition coefficient (Wildman–Crippen LogP) is 4.04. The predicted molar refractivity (Wildman–Crippen MR) is 100 cm³/mol. The second-order valence-corrected chi connectivity index (χ2v) is 6.82. The lowest BCUT2D eigenvalue weighted by atomic mass is 10.0. The molecule has 7 nitrogen and oxygen atoms in total. The van der Waals surface area contributed by atoms with Crippen molar-refractivity contribution in [3.63, 3.8) is 0 Å². The van der Waals surface area contributed by atoms with Gasteiger partial charge in [-0.05, 0) is 31.2 Å². The summed E-state index contributed by atoms with van der Waals surface area (Å²) in [5.74, 6) is -0.467. The summed E-state index contributed by atoms with van der Waals surface area (Å²) >= 11 is 0.823. The molecule has 0 fully saturated rings. The van der Waals surface area contributed by atoms with Gasteiger partial charge in [0.25, 0.3) is 11.8 Å². The number of anilines is 2. The van der Waals surface area contributed by atoms with Gasteiger partial charge in [0.2, 0.25) is 0 Å². The summed E-state index contributed by atoms with van der Waals surface area (Å²) in [4.78, 5) is 37.2. The van der Waals surface area contributed by atoms with Crippen LogP contribution in [-0.2, 0) is 0 Å². The summed E-state index contributed by atoms with van der Waals surface area (Å²) < 4.78 is 0. The average Bonchev–Trinajstić information content (AvgIpc) is 3.22. The first-order chi connectivity index (χ1) is 12.5. The van der Waals surface area contributed by atoms with Gasteiger partial charge in [-0.15, -0.1) is 0 Å². The number of nitrogens with one attached hydrogen (secondary N) is 1. The van der Waals surface area contributed by atoms with Crippen LogP contribution in [0.15, 0.2) is 42.5 Å². The third kappa shape index (κ3) is 2.34. The van der Waals surface area contributed by atoms with E-state index in [1.807, 2.05) is 19.1 Å². The van der Waals surface area contributed by atoms with Crippen LogP contribution in [0.5, 0.6) is 0 Å². The maximum absolute atomic E-state index is 12.5. The van der Waals surface area contributed by atoms with E-state index in [9.17, 15) is 19.7 Å². The van der Waals surface area contributed by atoms with Gasteiger partial charge in [0.15, 0.2) is 0 Å². The summed E-state index contributed by atoms with van der Waals surface area (Å²) in [6.45, 7) is 2.47. The van der Waals surface area contributed by atoms with Crippen LogP contribution in [0.2, 0.25) is 0 Å².